The predicted octanol–water partition coefficient (Wildman–Crippen LogP) is 3.37. The molecule has 0 spiro atoms. The first-order chi connectivity index (χ1) is 12.3. The molecule has 4 rings (SSSR count). The molecule has 2 fully saturated rings. The number of hydrogen-bond donors (Lipinski definition) is 1. The number of hydrogen-bond acceptors (Lipinski definition) is 3. The van der Waals surface area contributed by atoms with Crippen LogP contribution in [0.15, 0.2) is 54.6 Å². The maximum atomic E-state index is 12.7. The van der Waals surface area contributed by atoms with E-state index in [-0.39, 0.29) is 18.3 Å². The van der Waals surface area contributed by atoms with Crippen molar-refractivity contribution in [1.29, 1.82) is 0 Å². The first-order valence-corrected chi connectivity index (χ1v) is 9.06. The summed E-state index contributed by atoms with van der Waals surface area (Å²) in [6.07, 6.45) is 1.11. The van der Waals surface area contributed by atoms with Gasteiger partial charge in [-0.3, -0.25) is 4.79 Å². The minimum absolute atomic E-state index is 0. The van der Waals surface area contributed by atoms with E-state index in [1.54, 1.807) is 0 Å². The molecule has 2 aromatic rings. The van der Waals surface area contributed by atoms with Crippen LogP contribution in [0.2, 0.25) is 0 Å². The maximum absolute atomic E-state index is 12.7. The second kappa shape index (κ2) is 8.56. The Morgan fingerprint density at radius 1 is 1.04 bits per heavy atom. The summed E-state index contributed by atoms with van der Waals surface area (Å²) in [4.78, 5) is 14.8. The van der Waals surface area contributed by atoms with Crippen molar-refractivity contribution in [3.05, 3.63) is 65.7 Å². The third kappa shape index (κ3) is 4.19. The zero-order valence-corrected chi connectivity index (χ0v) is 15.6. The largest absolute Gasteiger partial charge is 0.489 e. The summed E-state index contributed by atoms with van der Waals surface area (Å²) in [5.74, 6) is 2.29. The van der Waals surface area contributed by atoms with Gasteiger partial charge in [-0.2, -0.15) is 0 Å². The number of amides is 1. The number of fused-ring (bicyclic) bond motifs is 1. The number of benzene rings is 2. The zero-order valence-electron chi connectivity index (χ0n) is 14.8. The van der Waals surface area contributed by atoms with E-state index in [1.165, 1.54) is 0 Å². The summed E-state index contributed by atoms with van der Waals surface area (Å²) < 4.78 is 5.80. The SMILES string of the molecule is Cl.O=C(c1ccc(OCc2ccccc2)cc1)N1CCC2CNCC2C1. The van der Waals surface area contributed by atoms with E-state index < -0.39 is 0 Å². The number of ether oxygens (including phenoxy) is 1. The molecule has 0 radical (unpaired) electrons. The lowest BCUT2D eigenvalue weighted by Crippen LogP contribution is -2.43. The number of likely N-dealkylation sites (tertiary alicyclic amines) is 1. The molecular weight excluding hydrogens is 348 g/mol. The molecule has 0 aliphatic carbocycles. The van der Waals surface area contributed by atoms with Crippen molar-refractivity contribution >= 4 is 18.3 Å². The van der Waals surface area contributed by atoms with Gasteiger partial charge in [0.2, 0.25) is 0 Å². The topological polar surface area (TPSA) is 41.6 Å². The zero-order chi connectivity index (χ0) is 17.1. The molecule has 2 aliphatic heterocycles. The molecule has 0 aromatic heterocycles. The summed E-state index contributed by atoms with van der Waals surface area (Å²) in [5, 5.41) is 3.44. The average Bonchev–Trinajstić information content (AvgIpc) is 3.15. The number of rotatable bonds is 4. The molecule has 138 valence electrons. The third-order valence-corrected chi connectivity index (χ3v) is 5.34. The van der Waals surface area contributed by atoms with E-state index in [9.17, 15) is 4.79 Å². The van der Waals surface area contributed by atoms with Crippen molar-refractivity contribution in [3.63, 3.8) is 0 Å². The normalized spacial score (nSPS) is 21.6. The Bertz CT molecular complexity index is 721. The highest BCUT2D eigenvalue weighted by Crippen LogP contribution is 2.27. The van der Waals surface area contributed by atoms with Crippen LogP contribution >= 0.6 is 12.4 Å². The van der Waals surface area contributed by atoms with Crippen LogP contribution in [0.4, 0.5) is 0 Å². The van der Waals surface area contributed by atoms with Crippen LogP contribution in [0.25, 0.3) is 0 Å². The molecule has 2 saturated heterocycles. The van der Waals surface area contributed by atoms with Crippen molar-refractivity contribution in [2.45, 2.75) is 13.0 Å². The number of halogens is 1. The Morgan fingerprint density at radius 2 is 1.77 bits per heavy atom. The summed E-state index contributed by atoms with van der Waals surface area (Å²) in [6, 6.07) is 17.6. The van der Waals surface area contributed by atoms with E-state index in [0.717, 1.165) is 55.4 Å². The van der Waals surface area contributed by atoms with Crippen LogP contribution in [0.3, 0.4) is 0 Å². The predicted molar refractivity (Wildman–Crippen MR) is 105 cm³/mol. The van der Waals surface area contributed by atoms with E-state index in [4.69, 9.17) is 4.74 Å². The second-order valence-electron chi connectivity index (χ2n) is 7.02. The van der Waals surface area contributed by atoms with Crippen molar-refractivity contribution < 1.29 is 9.53 Å². The van der Waals surface area contributed by atoms with Gasteiger partial charge in [-0.25, -0.2) is 0 Å². The standard InChI is InChI=1S/C21H24N2O2.ClH/c24-21(23-11-10-18-12-22-13-19(18)14-23)17-6-8-20(9-7-17)25-15-16-4-2-1-3-5-16;/h1-9,18-19,22H,10-15H2;1H. The first kappa shape index (κ1) is 18.7. The van der Waals surface area contributed by atoms with Crippen LogP contribution in [0.5, 0.6) is 5.75 Å². The molecule has 5 heteroatoms. The van der Waals surface area contributed by atoms with Gasteiger partial charge in [0, 0.05) is 18.7 Å². The van der Waals surface area contributed by atoms with Crippen LogP contribution in [-0.2, 0) is 6.61 Å². The van der Waals surface area contributed by atoms with Gasteiger partial charge in [-0.05, 0) is 61.2 Å². The highest BCUT2D eigenvalue weighted by molar-refractivity contribution is 5.94. The smallest absolute Gasteiger partial charge is 0.253 e. The van der Waals surface area contributed by atoms with Crippen LogP contribution in [0, 0.1) is 11.8 Å². The Kier molecular flexibility index (Phi) is 6.17. The van der Waals surface area contributed by atoms with Gasteiger partial charge in [0.15, 0.2) is 0 Å². The van der Waals surface area contributed by atoms with E-state index >= 15 is 0 Å². The van der Waals surface area contributed by atoms with Crippen LogP contribution < -0.4 is 10.1 Å². The van der Waals surface area contributed by atoms with Gasteiger partial charge < -0.3 is 15.0 Å². The first-order valence-electron chi connectivity index (χ1n) is 9.06. The molecule has 2 unspecified atom stereocenters. The molecule has 2 atom stereocenters. The molecule has 4 nitrogen and oxygen atoms in total. The molecule has 0 saturated carbocycles. The van der Waals surface area contributed by atoms with Crippen molar-refractivity contribution in [3.8, 4) is 5.75 Å². The Balaban J connectivity index is 0.00000196. The molecule has 2 heterocycles. The molecule has 1 amide bonds. The third-order valence-electron chi connectivity index (χ3n) is 5.34. The molecular formula is C21H25ClN2O2. The van der Waals surface area contributed by atoms with Gasteiger partial charge >= 0.3 is 0 Å². The van der Waals surface area contributed by atoms with E-state index in [0.29, 0.717) is 12.5 Å². The lowest BCUT2D eigenvalue weighted by atomic mass is 9.88. The second-order valence-corrected chi connectivity index (χ2v) is 7.02. The molecule has 26 heavy (non-hydrogen) atoms. The van der Waals surface area contributed by atoms with Gasteiger partial charge in [0.1, 0.15) is 12.4 Å². The fourth-order valence-corrected chi connectivity index (χ4v) is 3.84. The number of nitrogens with zero attached hydrogens (tertiary/aromatic N) is 1. The monoisotopic (exact) mass is 372 g/mol. The fourth-order valence-electron chi connectivity index (χ4n) is 3.84. The van der Waals surface area contributed by atoms with Gasteiger partial charge in [-0.15, -0.1) is 12.4 Å². The number of piperidine rings is 1. The number of carbonyl (C=O) groups is 1. The molecule has 2 aromatic carbocycles. The Labute approximate surface area is 160 Å². The van der Waals surface area contributed by atoms with Gasteiger partial charge in [0.05, 0.1) is 0 Å². The minimum atomic E-state index is 0. The maximum Gasteiger partial charge on any atom is 0.253 e. The van der Waals surface area contributed by atoms with Gasteiger partial charge in [-0.1, -0.05) is 30.3 Å². The molecule has 1 N–H and O–H groups in total. The average molecular weight is 373 g/mol. The summed E-state index contributed by atoms with van der Waals surface area (Å²) in [7, 11) is 0. The highest BCUT2D eigenvalue weighted by atomic mass is 35.5. The van der Waals surface area contributed by atoms with E-state index in [1.807, 2.05) is 59.5 Å². The van der Waals surface area contributed by atoms with Crippen molar-refractivity contribution in [2.75, 3.05) is 26.2 Å². The quantitative estimate of drug-likeness (QED) is 0.894. The molecule has 2 aliphatic rings. The van der Waals surface area contributed by atoms with Crippen molar-refractivity contribution in [2.24, 2.45) is 11.8 Å². The highest BCUT2D eigenvalue weighted by Gasteiger charge is 2.34. The number of nitrogens with one attached hydrogen (secondary N) is 1. The summed E-state index contributed by atoms with van der Waals surface area (Å²) in [5.41, 5.74) is 1.88. The Hall–Kier alpha value is -2.04. The number of carbonyl (C=O) groups excluding carboxylic acids is 1. The lowest BCUT2D eigenvalue weighted by Gasteiger charge is -2.34. The Morgan fingerprint density at radius 3 is 2.54 bits per heavy atom. The lowest BCUT2D eigenvalue weighted by molar-refractivity contribution is 0.0642. The molecule has 0 bridgehead atoms. The van der Waals surface area contributed by atoms with E-state index in [2.05, 4.69) is 5.32 Å². The minimum Gasteiger partial charge on any atom is -0.489 e. The summed E-state index contributed by atoms with van der Waals surface area (Å²) in [6.45, 7) is 4.44. The fraction of sp³-hybridized carbons (Fsp3) is 0.381. The van der Waals surface area contributed by atoms with Gasteiger partial charge in [0.25, 0.3) is 5.91 Å². The van der Waals surface area contributed by atoms with Crippen LogP contribution in [0.1, 0.15) is 22.3 Å². The van der Waals surface area contributed by atoms with Crippen LogP contribution in [-0.4, -0.2) is 37.0 Å². The summed E-state index contributed by atoms with van der Waals surface area (Å²) >= 11 is 0. The van der Waals surface area contributed by atoms with Crippen molar-refractivity contribution in [1.82, 2.24) is 10.2 Å².